The van der Waals surface area contributed by atoms with Crippen molar-refractivity contribution in [3.63, 3.8) is 0 Å². The van der Waals surface area contributed by atoms with Crippen LogP contribution in [-0.4, -0.2) is 37.1 Å². The van der Waals surface area contributed by atoms with Crippen LogP contribution in [0.1, 0.15) is 19.8 Å². The molecule has 1 unspecified atom stereocenters. The molecule has 0 fully saturated rings. The maximum atomic E-state index is 10.9. The SMILES string of the molecule is CNCC(=O)NCCCC(C)C(=O)O. The second-order valence-electron chi connectivity index (χ2n) is 3.26. The predicted molar refractivity (Wildman–Crippen MR) is 53.0 cm³/mol. The van der Waals surface area contributed by atoms with Crippen molar-refractivity contribution in [2.75, 3.05) is 20.1 Å². The van der Waals surface area contributed by atoms with Gasteiger partial charge in [-0.1, -0.05) is 6.92 Å². The molecule has 0 bridgehead atoms. The molecule has 0 aromatic heterocycles. The fraction of sp³-hybridized carbons (Fsp3) is 0.778. The molecule has 0 aliphatic rings. The molecule has 0 spiro atoms. The van der Waals surface area contributed by atoms with Crippen molar-refractivity contribution in [3.8, 4) is 0 Å². The normalized spacial score (nSPS) is 12.1. The molecular weight excluding hydrogens is 184 g/mol. The molecule has 3 N–H and O–H groups in total. The Hall–Kier alpha value is -1.10. The van der Waals surface area contributed by atoms with E-state index >= 15 is 0 Å². The molecule has 1 amide bonds. The highest BCUT2D eigenvalue weighted by Gasteiger charge is 2.09. The summed E-state index contributed by atoms with van der Waals surface area (Å²) in [6.07, 6.45) is 1.29. The second kappa shape index (κ2) is 7.32. The third-order valence-electron chi connectivity index (χ3n) is 1.89. The monoisotopic (exact) mass is 202 g/mol. The van der Waals surface area contributed by atoms with Crippen molar-refractivity contribution < 1.29 is 14.7 Å². The molecule has 14 heavy (non-hydrogen) atoms. The van der Waals surface area contributed by atoms with Crippen LogP contribution in [0.5, 0.6) is 0 Å². The molecule has 0 aromatic rings. The van der Waals surface area contributed by atoms with Gasteiger partial charge in [-0.3, -0.25) is 9.59 Å². The topological polar surface area (TPSA) is 78.4 Å². The summed E-state index contributed by atoms with van der Waals surface area (Å²) in [7, 11) is 1.70. The van der Waals surface area contributed by atoms with Gasteiger partial charge in [0, 0.05) is 6.54 Å². The van der Waals surface area contributed by atoms with Crippen molar-refractivity contribution >= 4 is 11.9 Å². The highest BCUT2D eigenvalue weighted by molar-refractivity contribution is 5.77. The summed E-state index contributed by atoms with van der Waals surface area (Å²) >= 11 is 0. The van der Waals surface area contributed by atoms with E-state index < -0.39 is 5.97 Å². The highest BCUT2D eigenvalue weighted by atomic mass is 16.4. The molecule has 0 rings (SSSR count). The van der Waals surface area contributed by atoms with Crippen LogP contribution in [0.25, 0.3) is 0 Å². The van der Waals surface area contributed by atoms with Gasteiger partial charge in [-0.05, 0) is 19.9 Å². The van der Waals surface area contributed by atoms with E-state index in [9.17, 15) is 9.59 Å². The molecule has 82 valence electrons. The lowest BCUT2D eigenvalue weighted by Gasteiger charge is -2.06. The largest absolute Gasteiger partial charge is 0.481 e. The van der Waals surface area contributed by atoms with Crippen LogP contribution in [-0.2, 0) is 9.59 Å². The fourth-order valence-corrected chi connectivity index (χ4v) is 0.983. The number of carboxylic acids is 1. The quantitative estimate of drug-likeness (QED) is 0.500. The lowest BCUT2D eigenvalue weighted by molar-refractivity contribution is -0.141. The van der Waals surface area contributed by atoms with E-state index in [1.165, 1.54) is 0 Å². The van der Waals surface area contributed by atoms with Gasteiger partial charge in [0.05, 0.1) is 12.5 Å². The minimum Gasteiger partial charge on any atom is -0.481 e. The molecule has 0 radical (unpaired) electrons. The van der Waals surface area contributed by atoms with Gasteiger partial charge in [0.15, 0.2) is 0 Å². The maximum absolute atomic E-state index is 10.9. The number of carboxylic acid groups (broad SMARTS) is 1. The average molecular weight is 202 g/mol. The number of hydrogen-bond acceptors (Lipinski definition) is 3. The number of hydrogen-bond donors (Lipinski definition) is 3. The first-order chi connectivity index (χ1) is 6.57. The summed E-state index contributed by atoms with van der Waals surface area (Å²) < 4.78 is 0. The van der Waals surface area contributed by atoms with Gasteiger partial charge in [-0.2, -0.15) is 0 Å². The average Bonchev–Trinajstić information content (AvgIpc) is 2.12. The summed E-state index contributed by atoms with van der Waals surface area (Å²) in [5.74, 6) is -1.18. The number of amides is 1. The summed E-state index contributed by atoms with van der Waals surface area (Å²) in [6.45, 7) is 2.50. The van der Waals surface area contributed by atoms with Crippen molar-refractivity contribution in [3.05, 3.63) is 0 Å². The van der Waals surface area contributed by atoms with Crippen molar-refractivity contribution in [2.24, 2.45) is 5.92 Å². The van der Waals surface area contributed by atoms with Gasteiger partial charge >= 0.3 is 5.97 Å². The molecule has 0 saturated carbocycles. The Balaban J connectivity index is 3.37. The number of rotatable bonds is 7. The Labute approximate surface area is 83.9 Å². The second-order valence-corrected chi connectivity index (χ2v) is 3.26. The van der Waals surface area contributed by atoms with Gasteiger partial charge in [0.25, 0.3) is 0 Å². The Morgan fingerprint density at radius 2 is 2.07 bits per heavy atom. The highest BCUT2D eigenvalue weighted by Crippen LogP contribution is 2.03. The van der Waals surface area contributed by atoms with E-state index in [1.54, 1.807) is 14.0 Å². The number of nitrogens with one attached hydrogen (secondary N) is 2. The van der Waals surface area contributed by atoms with E-state index in [-0.39, 0.29) is 11.8 Å². The van der Waals surface area contributed by atoms with E-state index in [0.717, 1.165) is 0 Å². The Kier molecular flexibility index (Phi) is 6.74. The maximum Gasteiger partial charge on any atom is 0.306 e. The lowest BCUT2D eigenvalue weighted by atomic mass is 10.1. The minimum atomic E-state index is -0.786. The van der Waals surface area contributed by atoms with E-state index in [4.69, 9.17) is 5.11 Å². The molecule has 0 aliphatic carbocycles. The Morgan fingerprint density at radius 1 is 1.43 bits per heavy atom. The molecular formula is C9H18N2O3. The first kappa shape index (κ1) is 12.9. The Bertz CT molecular complexity index is 194. The predicted octanol–water partition coefficient (Wildman–Crippen LogP) is -0.177. The summed E-state index contributed by atoms with van der Waals surface area (Å²) in [5.41, 5.74) is 0. The zero-order valence-corrected chi connectivity index (χ0v) is 8.67. The molecule has 0 aliphatic heterocycles. The molecule has 5 nitrogen and oxygen atoms in total. The third-order valence-corrected chi connectivity index (χ3v) is 1.89. The first-order valence-corrected chi connectivity index (χ1v) is 4.72. The van der Waals surface area contributed by atoms with Crippen molar-refractivity contribution in [1.82, 2.24) is 10.6 Å². The van der Waals surface area contributed by atoms with Crippen LogP contribution in [0.3, 0.4) is 0 Å². The van der Waals surface area contributed by atoms with Gasteiger partial charge in [-0.25, -0.2) is 0 Å². The zero-order chi connectivity index (χ0) is 11.0. The molecule has 1 atom stereocenters. The molecule has 0 saturated heterocycles. The van der Waals surface area contributed by atoms with E-state index in [0.29, 0.717) is 25.9 Å². The van der Waals surface area contributed by atoms with Gasteiger partial charge in [0.1, 0.15) is 0 Å². The van der Waals surface area contributed by atoms with Crippen LogP contribution in [0.4, 0.5) is 0 Å². The van der Waals surface area contributed by atoms with Crippen LogP contribution in [0, 0.1) is 5.92 Å². The summed E-state index contributed by atoms with van der Waals surface area (Å²) in [4.78, 5) is 21.4. The van der Waals surface area contributed by atoms with Crippen LogP contribution in [0.2, 0.25) is 0 Å². The number of aliphatic carboxylic acids is 1. The zero-order valence-electron chi connectivity index (χ0n) is 8.67. The number of carbonyl (C=O) groups is 2. The number of carbonyl (C=O) groups excluding carboxylic acids is 1. The standard InChI is InChI=1S/C9H18N2O3/c1-7(9(13)14)4-3-5-11-8(12)6-10-2/h7,10H,3-6H2,1-2H3,(H,11,12)(H,13,14). The van der Waals surface area contributed by atoms with Crippen molar-refractivity contribution in [2.45, 2.75) is 19.8 Å². The summed E-state index contributed by atoms with van der Waals surface area (Å²) in [5, 5.41) is 14.0. The van der Waals surface area contributed by atoms with Crippen LogP contribution in [0.15, 0.2) is 0 Å². The Morgan fingerprint density at radius 3 is 2.57 bits per heavy atom. The minimum absolute atomic E-state index is 0.0597. The first-order valence-electron chi connectivity index (χ1n) is 4.72. The smallest absolute Gasteiger partial charge is 0.306 e. The van der Waals surface area contributed by atoms with E-state index in [2.05, 4.69) is 10.6 Å². The fourth-order valence-electron chi connectivity index (χ4n) is 0.983. The molecule has 5 heteroatoms. The lowest BCUT2D eigenvalue weighted by Crippen LogP contribution is -2.32. The molecule has 0 heterocycles. The van der Waals surface area contributed by atoms with Crippen molar-refractivity contribution in [1.29, 1.82) is 0 Å². The summed E-state index contributed by atoms with van der Waals surface area (Å²) in [6, 6.07) is 0. The van der Waals surface area contributed by atoms with Gasteiger partial charge in [0.2, 0.25) is 5.91 Å². The van der Waals surface area contributed by atoms with Gasteiger partial charge < -0.3 is 15.7 Å². The molecule has 0 aromatic carbocycles. The third kappa shape index (κ3) is 6.42. The van der Waals surface area contributed by atoms with Crippen LogP contribution < -0.4 is 10.6 Å². The van der Waals surface area contributed by atoms with Crippen LogP contribution >= 0.6 is 0 Å². The van der Waals surface area contributed by atoms with E-state index in [1.807, 2.05) is 0 Å². The van der Waals surface area contributed by atoms with Gasteiger partial charge in [-0.15, -0.1) is 0 Å². The number of likely N-dealkylation sites (N-methyl/N-ethyl adjacent to an activating group) is 1.